The SMILES string of the molecule is CCCOc1nc(N)nc(NCc2cc(C)no2)n1. The van der Waals surface area contributed by atoms with Gasteiger partial charge in [-0.3, -0.25) is 0 Å². The number of hydrogen-bond acceptors (Lipinski definition) is 8. The van der Waals surface area contributed by atoms with Crippen molar-refractivity contribution in [2.24, 2.45) is 0 Å². The summed E-state index contributed by atoms with van der Waals surface area (Å²) in [5.41, 5.74) is 6.40. The lowest BCUT2D eigenvalue weighted by Gasteiger charge is -2.06. The third-order valence-corrected chi connectivity index (χ3v) is 2.16. The molecule has 0 saturated carbocycles. The monoisotopic (exact) mass is 264 g/mol. The Morgan fingerprint density at radius 1 is 1.37 bits per heavy atom. The molecule has 0 fully saturated rings. The molecule has 8 nitrogen and oxygen atoms in total. The molecule has 0 aliphatic carbocycles. The zero-order valence-electron chi connectivity index (χ0n) is 10.9. The van der Waals surface area contributed by atoms with Crippen LogP contribution in [0, 0.1) is 6.92 Å². The Balaban J connectivity index is 2.01. The van der Waals surface area contributed by atoms with Gasteiger partial charge in [-0.25, -0.2) is 0 Å². The van der Waals surface area contributed by atoms with Crippen molar-refractivity contribution in [1.82, 2.24) is 20.1 Å². The minimum absolute atomic E-state index is 0.109. The average Bonchev–Trinajstić information content (AvgIpc) is 2.79. The number of rotatable bonds is 6. The van der Waals surface area contributed by atoms with Crippen LogP contribution in [0.5, 0.6) is 6.01 Å². The van der Waals surface area contributed by atoms with Gasteiger partial charge < -0.3 is 20.3 Å². The molecule has 19 heavy (non-hydrogen) atoms. The van der Waals surface area contributed by atoms with E-state index in [0.717, 1.165) is 12.1 Å². The van der Waals surface area contributed by atoms with Crippen LogP contribution in [0.3, 0.4) is 0 Å². The van der Waals surface area contributed by atoms with Crippen molar-refractivity contribution >= 4 is 11.9 Å². The number of aromatic nitrogens is 4. The molecule has 2 heterocycles. The van der Waals surface area contributed by atoms with Crippen molar-refractivity contribution in [1.29, 1.82) is 0 Å². The van der Waals surface area contributed by atoms with E-state index in [1.165, 1.54) is 0 Å². The van der Waals surface area contributed by atoms with E-state index in [4.69, 9.17) is 15.0 Å². The number of ether oxygens (including phenoxy) is 1. The predicted octanol–water partition coefficient (Wildman–Crippen LogP) is 1.15. The van der Waals surface area contributed by atoms with Gasteiger partial charge in [0.1, 0.15) is 0 Å². The number of aryl methyl sites for hydroxylation is 1. The van der Waals surface area contributed by atoms with Crippen molar-refractivity contribution in [3.05, 3.63) is 17.5 Å². The highest BCUT2D eigenvalue weighted by atomic mass is 16.5. The van der Waals surface area contributed by atoms with Crippen LogP contribution in [0.1, 0.15) is 24.8 Å². The molecule has 0 bridgehead atoms. The van der Waals surface area contributed by atoms with Gasteiger partial charge in [-0.15, -0.1) is 0 Å². The topological polar surface area (TPSA) is 112 Å². The van der Waals surface area contributed by atoms with E-state index >= 15 is 0 Å². The van der Waals surface area contributed by atoms with Gasteiger partial charge in [0.15, 0.2) is 5.76 Å². The maximum Gasteiger partial charge on any atom is 0.323 e. The number of hydrogen-bond donors (Lipinski definition) is 2. The number of anilines is 2. The molecular weight excluding hydrogens is 248 g/mol. The highest BCUT2D eigenvalue weighted by molar-refractivity contribution is 5.32. The van der Waals surface area contributed by atoms with Gasteiger partial charge >= 0.3 is 6.01 Å². The Hall–Kier alpha value is -2.38. The number of nitrogens with one attached hydrogen (secondary N) is 1. The second kappa shape index (κ2) is 5.98. The van der Waals surface area contributed by atoms with E-state index in [1.807, 2.05) is 19.9 Å². The smallest absolute Gasteiger partial charge is 0.323 e. The van der Waals surface area contributed by atoms with E-state index in [0.29, 0.717) is 24.9 Å². The maximum atomic E-state index is 5.59. The van der Waals surface area contributed by atoms with Crippen LogP contribution in [0.4, 0.5) is 11.9 Å². The Labute approximate surface area is 110 Å². The van der Waals surface area contributed by atoms with E-state index < -0.39 is 0 Å². The molecular formula is C11H16N6O2. The Morgan fingerprint density at radius 3 is 2.89 bits per heavy atom. The van der Waals surface area contributed by atoms with Crippen LogP contribution in [-0.4, -0.2) is 26.7 Å². The maximum absolute atomic E-state index is 5.59. The second-order valence-corrected chi connectivity index (χ2v) is 3.94. The summed E-state index contributed by atoms with van der Waals surface area (Å²) in [5.74, 6) is 1.14. The fourth-order valence-corrected chi connectivity index (χ4v) is 1.37. The van der Waals surface area contributed by atoms with Crippen molar-refractivity contribution in [3.63, 3.8) is 0 Å². The second-order valence-electron chi connectivity index (χ2n) is 3.94. The third-order valence-electron chi connectivity index (χ3n) is 2.16. The summed E-state index contributed by atoms with van der Waals surface area (Å²) >= 11 is 0. The van der Waals surface area contributed by atoms with Gasteiger partial charge in [0, 0.05) is 6.07 Å². The molecule has 2 aromatic heterocycles. The Bertz CT molecular complexity index is 542. The summed E-state index contributed by atoms with van der Waals surface area (Å²) in [6.07, 6.45) is 0.867. The minimum atomic E-state index is 0.109. The molecule has 0 spiro atoms. The highest BCUT2D eigenvalue weighted by Crippen LogP contribution is 2.11. The fraction of sp³-hybridized carbons (Fsp3) is 0.455. The predicted molar refractivity (Wildman–Crippen MR) is 68.6 cm³/mol. The van der Waals surface area contributed by atoms with E-state index in [-0.39, 0.29) is 12.0 Å². The fourth-order valence-electron chi connectivity index (χ4n) is 1.37. The molecule has 0 atom stereocenters. The van der Waals surface area contributed by atoms with E-state index in [1.54, 1.807) is 0 Å². The molecule has 0 amide bonds. The summed E-state index contributed by atoms with van der Waals surface area (Å²) in [7, 11) is 0. The van der Waals surface area contributed by atoms with Crippen LogP contribution in [0.15, 0.2) is 10.6 Å². The molecule has 0 saturated heterocycles. The zero-order valence-corrected chi connectivity index (χ0v) is 10.9. The first-order chi connectivity index (χ1) is 9.17. The van der Waals surface area contributed by atoms with E-state index in [2.05, 4.69) is 25.4 Å². The van der Waals surface area contributed by atoms with Gasteiger partial charge in [-0.1, -0.05) is 12.1 Å². The van der Waals surface area contributed by atoms with Crippen molar-refractivity contribution in [2.45, 2.75) is 26.8 Å². The molecule has 2 rings (SSSR count). The van der Waals surface area contributed by atoms with Crippen LogP contribution >= 0.6 is 0 Å². The van der Waals surface area contributed by atoms with Crippen molar-refractivity contribution < 1.29 is 9.26 Å². The lowest BCUT2D eigenvalue weighted by molar-refractivity contribution is 0.292. The highest BCUT2D eigenvalue weighted by Gasteiger charge is 2.06. The van der Waals surface area contributed by atoms with Crippen molar-refractivity contribution in [3.8, 4) is 6.01 Å². The van der Waals surface area contributed by atoms with Gasteiger partial charge in [-0.05, 0) is 13.3 Å². The largest absolute Gasteiger partial charge is 0.463 e. The lowest BCUT2D eigenvalue weighted by Crippen LogP contribution is -2.09. The first-order valence-corrected chi connectivity index (χ1v) is 5.97. The Morgan fingerprint density at radius 2 is 2.21 bits per heavy atom. The summed E-state index contributed by atoms with van der Waals surface area (Å²) in [5, 5.41) is 6.76. The molecule has 0 aromatic carbocycles. The number of nitrogens with zero attached hydrogens (tertiary/aromatic N) is 4. The minimum Gasteiger partial charge on any atom is -0.463 e. The molecule has 0 aliphatic rings. The van der Waals surface area contributed by atoms with Crippen LogP contribution in [-0.2, 0) is 6.54 Å². The summed E-state index contributed by atoms with van der Waals surface area (Å²) in [4.78, 5) is 11.9. The molecule has 8 heteroatoms. The standard InChI is InChI=1S/C11H16N6O2/c1-3-4-18-11-15-9(12)14-10(16-11)13-6-8-5-7(2)17-19-8/h5H,3-4,6H2,1-2H3,(H3,12,13,14,15,16). The van der Waals surface area contributed by atoms with Gasteiger partial charge in [-0.2, -0.15) is 15.0 Å². The molecule has 0 radical (unpaired) electrons. The molecule has 102 valence electrons. The first kappa shape index (κ1) is 13.1. The summed E-state index contributed by atoms with van der Waals surface area (Å²) in [6, 6.07) is 2.04. The lowest BCUT2D eigenvalue weighted by atomic mass is 10.4. The van der Waals surface area contributed by atoms with Crippen LogP contribution in [0.25, 0.3) is 0 Å². The number of nitrogen functional groups attached to an aromatic ring is 1. The molecule has 0 unspecified atom stereocenters. The quantitative estimate of drug-likeness (QED) is 0.799. The van der Waals surface area contributed by atoms with Gasteiger partial charge in [0.2, 0.25) is 11.9 Å². The van der Waals surface area contributed by atoms with E-state index in [9.17, 15) is 0 Å². The third kappa shape index (κ3) is 3.80. The summed E-state index contributed by atoms with van der Waals surface area (Å²) in [6.45, 7) is 4.79. The van der Waals surface area contributed by atoms with Crippen LogP contribution in [0.2, 0.25) is 0 Å². The molecule has 3 N–H and O–H groups in total. The zero-order chi connectivity index (χ0) is 13.7. The van der Waals surface area contributed by atoms with Gasteiger partial charge in [0.25, 0.3) is 0 Å². The normalized spacial score (nSPS) is 10.4. The van der Waals surface area contributed by atoms with Crippen LogP contribution < -0.4 is 15.8 Å². The molecule has 2 aromatic rings. The Kier molecular flexibility index (Phi) is 4.11. The van der Waals surface area contributed by atoms with Crippen molar-refractivity contribution in [2.75, 3.05) is 17.7 Å². The average molecular weight is 264 g/mol. The van der Waals surface area contributed by atoms with Gasteiger partial charge in [0.05, 0.1) is 18.8 Å². The number of nitrogens with two attached hydrogens (primary N) is 1. The molecule has 0 aliphatic heterocycles. The summed E-state index contributed by atoms with van der Waals surface area (Å²) < 4.78 is 10.4. The first-order valence-electron chi connectivity index (χ1n) is 5.97.